The summed E-state index contributed by atoms with van der Waals surface area (Å²) in [7, 11) is 0. The molecule has 0 heterocycles. The second-order valence-electron chi connectivity index (χ2n) is 5.64. The molecule has 0 aliphatic carbocycles. The first-order valence-corrected chi connectivity index (χ1v) is 6.26. The molecule has 0 radical (unpaired) electrons. The Morgan fingerprint density at radius 1 is 1.12 bits per heavy atom. The smallest absolute Gasteiger partial charge is 0.0207 e. The van der Waals surface area contributed by atoms with Crippen molar-refractivity contribution in [2.45, 2.75) is 59.0 Å². The number of nitrogens with one attached hydrogen (secondary N) is 1. The summed E-state index contributed by atoms with van der Waals surface area (Å²) in [5.74, 6) is 0. The van der Waals surface area contributed by atoms with Gasteiger partial charge < -0.3 is 5.32 Å². The lowest BCUT2D eigenvalue weighted by molar-refractivity contribution is 0.533. The van der Waals surface area contributed by atoms with E-state index in [0.29, 0.717) is 6.04 Å². The number of hydrogen-bond donors (Lipinski definition) is 1. The molecule has 0 fully saturated rings. The van der Waals surface area contributed by atoms with Gasteiger partial charge in [0.05, 0.1) is 0 Å². The second-order valence-corrected chi connectivity index (χ2v) is 5.64. The zero-order valence-corrected chi connectivity index (χ0v) is 11.3. The van der Waals surface area contributed by atoms with Gasteiger partial charge in [0.1, 0.15) is 0 Å². The quantitative estimate of drug-likeness (QED) is 0.810. The van der Waals surface area contributed by atoms with Gasteiger partial charge in [0.15, 0.2) is 0 Å². The Bertz CT molecular complexity index is 305. The molecule has 1 N–H and O–H groups in total. The summed E-state index contributed by atoms with van der Waals surface area (Å²) in [4.78, 5) is 0. The summed E-state index contributed by atoms with van der Waals surface area (Å²) >= 11 is 0. The molecule has 0 unspecified atom stereocenters. The van der Waals surface area contributed by atoms with E-state index in [1.54, 1.807) is 0 Å². The largest absolute Gasteiger partial charge is 0.310 e. The number of rotatable bonds is 4. The summed E-state index contributed by atoms with van der Waals surface area (Å²) in [5, 5.41) is 3.51. The van der Waals surface area contributed by atoms with Gasteiger partial charge in [0.2, 0.25) is 0 Å². The van der Waals surface area contributed by atoms with Crippen LogP contribution in [0, 0.1) is 0 Å². The second kappa shape index (κ2) is 5.49. The van der Waals surface area contributed by atoms with Crippen molar-refractivity contribution in [3.8, 4) is 0 Å². The maximum atomic E-state index is 3.51. The van der Waals surface area contributed by atoms with Crippen molar-refractivity contribution < 1.29 is 0 Å². The van der Waals surface area contributed by atoms with Gasteiger partial charge >= 0.3 is 0 Å². The Hall–Kier alpha value is -0.820. The van der Waals surface area contributed by atoms with Crippen molar-refractivity contribution in [2.75, 3.05) is 0 Å². The Morgan fingerprint density at radius 2 is 1.69 bits per heavy atom. The summed E-state index contributed by atoms with van der Waals surface area (Å²) in [6.07, 6.45) is 1.18. The van der Waals surface area contributed by atoms with Crippen LogP contribution < -0.4 is 5.32 Å². The number of benzene rings is 1. The van der Waals surface area contributed by atoms with Crippen molar-refractivity contribution in [2.24, 2.45) is 0 Å². The monoisotopic (exact) mass is 219 g/mol. The molecule has 0 aliphatic rings. The molecule has 0 aliphatic heterocycles. The van der Waals surface area contributed by atoms with E-state index in [2.05, 4.69) is 64.2 Å². The maximum Gasteiger partial charge on any atom is 0.0207 e. The standard InChI is InChI=1S/C15H25N/c1-6-12(2)16-11-13-7-9-14(10-8-13)15(3,4)5/h7-10,12,16H,6,11H2,1-5H3/t12-/m0/s1. The molecule has 90 valence electrons. The molecule has 0 aromatic heterocycles. The summed E-state index contributed by atoms with van der Waals surface area (Å²) < 4.78 is 0. The van der Waals surface area contributed by atoms with E-state index in [-0.39, 0.29) is 5.41 Å². The molecule has 0 saturated carbocycles. The average molecular weight is 219 g/mol. The molecule has 0 saturated heterocycles. The minimum Gasteiger partial charge on any atom is -0.310 e. The maximum absolute atomic E-state index is 3.51. The lowest BCUT2D eigenvalue weighted by Crippen LogP contribution is -2.24. The first-order chi connectivity index (χ1) is 7.43. The van der Waals surface area contributed by atoms with Crippen LogP contribution in [0.1, 0.15) is 52.2 Å². The van der Waals surface area contributed by atoms with Crippen molar-refractivity contribution >= 4 is 0 Å². The van der Waals surface area contributed by atoms with Crippen LogP contribution >= 0.6 is 0 Å². The highest BCUT2D eigenvalue weighted by Gasteiger charge is 2.12. The molecule has 1 heteroatoms. The summed E-state index contributed by atoms with van der Waals surface area (Å²) in [6, 6.07) is 9.55. The van der Waals surface area contributed by atoms with Crippen molar-refractivity contribution in [1.29, 1.82) is 0 Å². The zero-order valence-electron chi connectivity index (χ0n) is 11.3. The lowest BCUT2D eigenvalue weighted by Gasteiger charge is -2.19. The van der Waals surface area contributed by atoms with Crippen molar-refractivity contribution in [3.63, 3.8) is 0 Å². The zero-order chi connectivity index (χ0) is 12.2. The highest BCUT2D eigenvalue weighted by molar-refractivity contribution is 5.27. The molecule has 1 aromatic carbocycles. The fraction of sp³-hybridized carbons (Fsp3) is 0.600. The van der Waals surface area contributed by atoms with Gasteiger partial charge in [-0.2, -0.15) is 0 Å². The molecular weight excluding hydrogens is 194 g/mol. The van der Waals surface area contributed by atoms with E-state index in [1.165, 1.54) is 17.5 Å². The van der Waals surface area contributed by atoms with E-state index in [9.17, 15) is 0 Å². The third kappa shape index (κ3) is 3.97. The summed E-state index contributed by atoms with van der Waals surface area (Å²) in [6.45, 7) is 12.2. The van der Waals surface area contributed by atoms with Crippen LogP contribution in [0.3, 0.4) is 0 Å². The highest BCUT2D eigenvalue weighted by Crippen LogP contribution is 2.22. The van der Waals surface area contributed by atoms with Crippen molar-refractivity contribution in [3.05, 3.63) is 35.4 Å². The van der Waals surface area contributed by atoms with E-state index in [1.807, 2.05) is 0 Å². The van der Waals surface area contributed by atoms with E-state index >= 15 is 0 Å². The highest BCUT2D eigenvalue weighted by atomic mass is 14.9. The van der Waals surface area contributed by atoms with Crippen LogP contribution in [0.15, 0.2) is 24.3 Å². The molecule has 0 amide bonds. The molecule has 1 aromatic rings. The van der Waals surface area contributed by atoms with Crippen LogP contribution in [-0.2, 0) is 12.0 Å². The molecule has 1 rings (SSSR count). The Balaban J connectivity index is 2.58. The fourth-order valence-corrected chi connectivity index (χ4v) is 1.56. The van der Waals surface area contributed by atoms with Gasteiger partial charge in [-0.15, -0.1) is 0 Å². The first kappa shape index (κ1) is 13.2. The molecule has 16 heavy (non-hydrogen) atoms. The van der Waals surface area contributed by atoms with Crippen LogP contribution in [0.5, 0.6) is 0 Å². The predicted molar refractivity (Wildman–Crippen MR) is 71.7 cm³/mol. The van der Waals surface area contributed by atoms with Gasteiger partial charge in [0, 0.05) is 12.6 Å². The molecular formula is C15H25N. The van der Waals surface area contributed by atoms with Gasteiger partial charge in [-0.3, -0.25) is 0 Å². The normalized spacial score (nSPS) is 13.8. The van der Waals surface area contributed by atoms with Crippen LogP contribution in [0.25, 0.3) is 0 Å². The predicted octanol–water partition coefficient (Wildman–Crippen LogP) is 3.87. The minimum absolute atomic E-state index is 0.253. The molecule has 1 atom stereocenters. The Labute approximate surface area is 100 Å². The SMILES string of the molecule is CC[C@H](C)NCc1ccc(C(C)(C)C)cc1. The Kier molecular flexibility index (Phi) is 4.55. The topological polar surface area (TPSA) is 12.0 Å². The van der Waals surface area contributed by atoms with Crippen LogP contribution in [0.4, 0.5) is 0 Å². The van der Waals surface area contributed by atoms with Crippen LogP contribution in [-0.4, -0.2) is 6.04 Å². The molecule has 1 nitrogen and oxygen atoms in total. The van der Waals surface area contributed by atoms with Gasteiger partial charge in [-0.05, 0) is 29.9 Å². The first-order valence-electron chi connectivity index (χ1n) is 6.26. The van der Waals surface area contributed by atoms with Crippen molar-refractivity contribution in [1.82, 2.24) is 5.32 Å². The number of hydrogen-bond acceptors (Lipinski definition) is 1. The third-order valence-electron chi connectivity index (χ3n) is 3.09. The van der Waals surface area contributed by atoms with E-state index in [4.69, 9.17) is 0 Å². The van der Waals surface area contributed by atoms with Gasteiger partial charge in [0.25, 0.3) is 0 Å². The minimum atomic E-state index is 0.253. The molecule has 0 bridgehead atoms. The van der Waals surface area contributed by atoms with Gasteiger partial charge in [-0.1, -0.05) is 52.0 Å². The van der Waals surface area contributed by atoms with E-state index < -0.39 is 0 Å². The fourth-order valence-electron chi connectivity index (χ4n) is 1.56. The lowest BCUT2D eigenvalue weighted by atomic mass is 9.87. The van der Waals surface area contributed by atoms with E-state index in [0.717, 1.165) is 6.54 Å². The summed E-state index contributed by atoms with van der Waals surface area (Å²) in [5.41, 5.74) is 3.02. The third-order valence-corrected chi connectivity index (χ3v) is 3.09. The Morgan fingerprint density at radius 3 is 2.12 bits per heavy atom. The van der Waals surface area contributed by atoms with Crippen LogP contribution in [0.2, 0.25) is 0 Å². The average Bonchev–Trinajstić information content (AvgIpc) is 2.25. The van der Waals surface area contributed by atoms with Gasteiger partial charge in [-0.25, -0.2) is 0 Å². The molecule has 0 spiro atoms.